The van der Waals surface area contributed by atoms with E-state index in [1.165, 1.54) is 0 Å². The Morgan fingerprint density at radius 2 is 2.07 bits per heavy atom. The fourth-order valence-electron chi connectivity index (χ4n) is 1.15. The number of aromatic nitrogens is 1. The summed E-state index contributed by atoms with van der Waals surface area (Å²) in [6.45, 7) is 8.00. The Morgan fingerprint density at radius 3 is 2.43 bits per heavy atom. The number of nitrogens with two attached hydrogens (primary N) is 1. The largest absolute Gasteiger partial charge is 0.442 e. The highest BCUT2D eigenvalue weighted by atomic mass is 16.4. The number of aryl methyl sites for hydroxylation is 1. The zero-order valence-electron chi connectivity index (χ0n) is 9.16. The van der Waals surface area contributed by atoms with Gasteiger partial charge in [-0.3, -0.25) is 0 Å². The third-order valence-corrected chi connectivity index (χ3v) is 2.00. The Bertz CT molecular complexity index is 312. The second-order valence-corrected chi connectivity index (χ2v) is 4.47. The SMILES string of the molecule is Cc1nc(C(C)(C)C)oc1C(O)CN. The van der Waals surface area contributed by atoms with Gasteiger partial charge in [0.25, 0.3) is 0 Å². The van der Waals surface area contributed by atoms with E-state index in [4.69, 9.17) is 10.2 Å². The maximum atomic E-state index is 9.53. The number of nitrogens with zero attached hydrogens (tertiary/aromatic N) is 1. The molecule has 0 saturated heterocycles. The Labute approximate surface area is 84.1 Å². The molecule has 0 aliphatic rings. The molecule has 4 heteroatoms. The summed E-state index contributed by atoms with van der Waals surface area (Å²) in [6.07, 6.45) is -0.751. The molecular weight excluding hydrogens is 180 g/mol. The van der Waals surface area contributed by atoms with Gasteiger partial charge in [0, 0.05) is 12.0 Å². The molecule has 0 aromatic carbocycles. The molecule has 0 bridgehead atoms. The lowest BCUT2D eigenvalue weighted by Gasteiger charge is -2.12. The molecule has 1 atom stereocenters. The first-order valence-corrected chi connectivity index (χ1v) is 4.72. The molecule has 0 aliphatic heterocycles. The van der Waals surface area contributed by atoms with E-state index < -0.39 is 6.10 Å². The number of oxazole rings is 1. The van der Waals surface area contributed by atoms with E-state index in [0.717, 1.165) is 0 Å². The molecule has 1 heterocycles. The lowest BCUT2D eigenvalue weighted by molar-refractivity contribution is 0.152. The van der Waals surface area contributed by atoms with E-state index in [1.54, 1.807) is 0 Å². The van der Waals surface area contributed by atoms with Crippen LogP contribution >= 0.6 is 0 Å². The molecule has 1 aromatic rings. The first-order valence-electron chi connectivity index (χ1n) is 4.72. The summed E-state index contributed by atoms with van der Waals surface area (Å²) < 4.78 is 5.49. The van der Waals surface area contributed by atoms with E-state index in [9.17, 15) is 5.11 Å². The summed E-state index contributed by atoms with van der Waals surface area (Å²) in [7, 11) is 0. The smallest absolute Gasteiger partial charge is 0.200 e. The Balaban J connectivity index is 3.05. The molecular formula is C10H18N2O2. The highest BCUT2D eigenvalue weighted by molar-refractivity contribution is 5.14. The quantitative estimate of drug-likeness (QED) is 0.750. The molecule has 0 saturated carbocycles. The molecule has 1 unspecified atom stereocenters. The van der Waals surface area contributed by atoms with E-state index in [-0.39, 0.29) is 12.0 Å². The lowest BCUT2D eigenvalue weighted by atomic mass is 9.97. The molecule has 0 aliphatic carbocycles. The van der Waals surface area contributed by atoms with E-state index in [1.807, 2.05) is 27.7 Å². The van der Waals surface area contributed by atoms with Gasteiger partial charge >= 0.3 is 0 Å². The monoisotopic (exact) mass is 198 g/mol. The standard InChI is InChI=1S/C10H18N2O2/c1-6-8(7(13)5-11)14-9(12-6)10(2,3)4/h7,13H,5,11H2,1-4H3. The van der Waals surface area contributed by atoms with Gasteiger partial charge < -0.3 is 15.3 Å². The highest BCUT2D eigenvalue weighted by Gasteiger charge is 2.24. The van der Waals surface area contributed by atoms with Gasteiger partial charge in [0.1, 0.15) is 6.10 Å². The van der Waals surface area contributed by atoms with Gasteiger partial charge in [-0.1, -0.05) is 20.8 Å². The predicted octanol–water partition coefficient (Wildman–Crippen LogP) is 1.27. The van der Waals surface area contributed by atoms with Crippen molar-refractivity contribution >= 4 is 0 Å². The van der Waals surface area contributed by atoms with Gasteiger partial charge in [0.05, 0.1) is 5.69 Å². The molecule has 0 radical (unpaired) electrons. The topological polar surface area (TPSA) is 72.3 Å². The van der Waals surface area contributed by atoms with Crippen LogP contribution in [0.1, 0.15) is 44.2 Å². The summed E-state index contributed by atoms with van der Waals surface area (Å²) in [5.41, 5.74) is 5.93. The van der Waals surface area contributed by atoms with Gasteiger partial charge in [-0.05, 0) is 6.92 Å². The van der Waals surface area contributed by atoms with Crippen molar-refractivity contribution in [2.45, 2.75) is 39.2 Å². The average molecular weight is 198 g/mol. The maximum absolute atomic E-state index is 9.53. The van der Waals surface area contributed by atoms with Crippen LogP contribution in [-0.4, -0.2) is 16.6 Å². The Kier molecular flexibility index (Phi) is 2.97. The molecule has 1 rings (SSSR count). The van der Waals surface area contributed by atoms with Crippen LogP contribution < -0.4 is 5.73 Å². The van der Waals surface area contributed by atoms with Crippen molar-refractivity contribution in [1.82, 2.24) is 4.98 Å². The normalized spacial score (nSPS) is 14.4. The summed E-state index contributed by atoms with van der Waals surface area (Å²) in [6, 6.07) is 0. The molecule has 0 amide bonds. The fourth-order valence-corrected chi connectivity index (χ4v) is 1.15. The predicted molar refractivity (Wildman–Crippen MR) is 54.0 cm³/mol. The van der Waals surface area contributed by atoms with Gasteiger partial charge in [-0.25, -0.2) is 4.98 Å². The second kappa shape index (κ2) is 3.71. The fraction of sp³-hybridized carbons (Fsp3) is 0.700. The number of hydrogen-bond acceptors (Lipinski definition) is 4. The summed E-state index contributed by atoms with van der Waals surface area (Å²) in [4.78, 5) is 4.27. The van der Waals surface area contributed by atoms with Crippen LogP contribution in [0.3, 0.4) is 0 Å². The van der Waals surface area contributed by atoms with E-state index in [2.05, 4.69) is 4.98 Å². The Morgan fingerprint density at radius 1 is 1.50 bits per heavy atom. The molecule has 4 nitrogen and oxygen atoms in total. The van der Waals surface area contributed by atoms with Crippen molar-refractivity contribution in [2.75, 3.05) is 6.54 Å². The first-order chi connectivity index (χ1) is 6.36. The van der Waals surface area contributed by atoms with Crippen LogP contribution in [-0.2, 0) is 5.41 Å². The van der Waals surface area contributed by atoms with E-state index in [0.29, 0.717) is 17.3 Å². The van der Waals surface area contributed by atoms with Crippen LogP contribution in [0.25, 0.3) is 0 Å². The summed E-state index contributed by atoms with van der Waals surface area (Å²) in [5.74, 6) is 1.12. The van der Waals surface area contributed by atoms with Crippen molar-refractivity contribution in [3.8, 4) is 0 Å². The number of aliphatic hydroxyl groups excluding tert-OH is 1. The summed E-state index contributed by atoms with van der Waals surface area (Å²) in [5, 5.41) is 9.53. The van der Waals surface area contributed by atoms with Crippen molar-refractivity contribution in [3.05, 3.63) is 17.3 Å². The second-order valence-electron chi connectivity index (χ2n) is 4.47. The van der Waals surface area contributed by atoms with Crippen molar-refractivity contribution in [3.63, 3.8) is 0 Å². The number of aliphatic hydroxyl groups is 1. The molecule has 14 heavy (non-hydrogen) atoms. The van der Waals surface area contributed by atoms with Crippen molar-refractivity contribution in [2.24, 2.45) is 5.73 Å². The van der Waals surface area contributed by atoms with Gasteiger partial charge in [0.15, 0.2) is 11.7 Å². The lowest BCUT2D eigenvalue weighted by Crippen LogP contribution is -2.12. The first kappa shape index (κ1) is 11.2. The average Bonchev–Trinajstić information content (AvgIpc) is 2.45. The van der Waals surface area contributed by atoms with Crippen LogP contribution in [0.2, 0.25) is 0 Å². The van der Waals surface area contributed by atoms with Gasteiger partial charge in [-0.15, -0.1) is 0 Å². The molecule has 0 spiro atoms. The molecule has 0 fully saturated rings. The Hall–Kier alpha value is -0.870. The minimum Gasteiger partial charge on any atom is -0.442 e. The third kappa shape index (κ3) is 2.13. The number of rotatable bonds is 2. The molecule has 3 N–H and O–H groups in total. The molecule has 1 aromatic heterocycles. The van der Waals surface area contributed by atoms with E-state index >= 15 is 0 Å². The zero-order valence-corrected chi connectivity index (χ0v) is 9.16. The van der Waals surface area contributed by atoms with Crippen molar-refractivity contribution in [1.29, 1.82) is 0 Å². The number of hydrogen-bond donors (Lipinski definition) is 2. The van der Waals surface area contributed by atoms with Crippen LogP contribution in [0.5, 0.6) is 0 Å². The van der Waals surface area contributed by atoms with Gasteiger partial charge in [0.2, 0.25) is 0 Å². The maximum Gasteiger partial charge on any atom is 0.200 e. The highest BCUT2D eigenvalue weighted by Crippen LogP contribution is 2.26. The third-order valence-electron chi connectivity index (χ3n) is 2.00. The van der Waals surface area contributed by atoms with Crippen LogP contribution in [0.15, 0.2) is 4.42 Å². The summed E-state index contributed by atoms with van der Waals surface area (Å²) >= 11 is 0. The molecule has 80 valence electrons. The zero-order chi connectivity index (χ0) is 10.9. The van der Waals surface area contributed by atoms with Crippen molar-refractivity contribution < 1.29 is 9.52 Å². The minimum absolute atomic E-state index is 0.142. The minimum atomic E-state index is -0.751. The van der Waals surface area contributed by atoms with Gasteiger partial charge in [-0.2, -0.15) is 0 Å². The van der Waals surface area contributed by atoms with Crippen LogP contribution in [0.4, 0.5) is 0 Å². The van der Waals surface area contributed by atoms with Crippen LogP contribution in [0, 0.1) is 6.92 Å².